The van der Waals surface area contributed by atoms with Crippen LogP contribution < -0.4 is 10.1 Å². The number of nitrogens with one attached hydrogen (secondary N) is 1. The lowest BCUT2D eigenvalue weighted by atomic mass is 10.3. The second-order valence-electron chi connectivity index (χ2n) is 3.31. The van der Waals surface area contributed by atoms with Crippen LogP contribution in [0, 0.1) is 0 Å². The Morgan fingerprint density at radius 3 is 2.44 bits per heavy atom. The van der Waals surface area contributed by atoms with E-state index in [4.69, 9.17) is 21.1 Å². The lowest BCUT2D eigenvalue weighted by Crippen LogP contribution is -2.23. The highest BCUT2D eigenvalue weighted by molar-refractivity contribution is 6.32. The molecule has 0 saturated carbocycles. The van der Waals surface area contributed by atoms with E-state index in [1.807, 2.05) is 0 Å². The van der Waals surface area contributed by atoms with Crippen LogP contribution >= 0.6 is 11.6 Å². The number of alkyl halides is 2. The molecular formula is C11H14ClF2NO3. The Morgan fingerprint density at radius 1 is 1.28 bits per heavy atom. The van der Waals surface area contributed by atoms with Gasteiger partial charge in [0.2, 0.25) is 0 Å². The second-order valence-corrected chi connectivity index (χ2v) is 3.71. The molecule has 0 bridgehead atoms. The summed E-state index contributed by atoms with van der Waals surface area (Å²) in [6.07, 6.45) is -0.402. The molecule has 0 heterocycles. The Bertz CT molecular complexity index is 375. The molecule has 102 valence electrons. The Balaban J connectivity index is 2.61. The molecule has 0 aliphatic heterocycles. The fourth-order valence-corrected chi connectivity index (χ4v) is 1.49. The fraction of sp³-hybridized carbons (Fsp3) is 0.455. The molecule has 0 saturated heterocycles. The van der Waals surface area contributed by atoms with E-state index in [1.54, 1.807) is 6.07 Å². The van der Waals surface area contributed by atoms with Crippen molar-refractivity contribution >= 4 is 17.3 Å². The maximum atomic E-state index is 12.0. The summed E-state index contributed by atoms with van der Waals surface area (Å²) >= 11 is 5.80. The molecule has 18 heavy (non-hydrogen) atoms. The van der Waals surface area contributed by atoms with Gasteiger partial charge in [0, 0.05) is 19.9 Å². The van der Waals surface area contributed by atoms with Crippen molar-refractivity contribution in [3.05, 3.63) is 23.2 Å². The van der Waals surface area contributed by atoms with Crippen molar-refractivity contribution in [2.24, 2.45) is 0 Å². The third-order valence-corrected chi connectivity index (χ3v) is 2.44. The zero-order chi connectivity index (χ0) is 13.5. The van der Waals surface area contributed by atoms with Crippen molar-refractivity contribution in [1.29, 1.82) is 0 Å². The standard InChI is InChI=1S/C11H14ClF2NO3/c1-16-10(17-2)6-15-7-3-4-9(8(12)5-7)18-11(13)14/h3-5,10-11,15H,6H2,1-2H3. The van der Waals surface area contributed by atoms with E-state index in [2.05, 4.69) is 10.1 Å². The first kappa shape index (κ1) is 14.9. The van der Waals surface area contributed by atoms with Gasteiger partial charge in [0.05, 0.1) is 11.6 Å². The molecule has 0 radical (unpaired) electrons. The van der Waals surface area contributed by atoms with Crippen LogP contribution in [0.4, 0.5) is 14.5 Å². The van der Waals surface area contributed by atoms with Crippen molar-refractivity contribution in [2.75, 3.05) is 26.1 Å². The molecule has 0 atom stereocenters. The number of methoxy groups -OCH3 is 2. The predicted octanol–water partition coefficient (Wildman–Crippen LogP) is 2.97. The molecule has 0 unspecified atom stereocenters. The molecule has 4 nitrogen and oxygen atoms in total. The molecule has 0 amide bonds. The molecule has 1 rings (SSSR count). The lowest BCUT2D eigenvalue weighted by molar-refractivity contribution is -0.0914. The number of halogens is 3. The fourth-order valence-electron chi connectivity index (χ4n) is 1.27. The normalized spacial score (nSPS) is 11.1. The summed E-state index contributed by atoms with van der Waals surface area (Å²) in [5.74, 6) is -0.0627. The molecule has 0 aliphatic carbocycles. The van der Waals surface area contributed by atoms with E-state index < -0.39 is 12.9 Å². The Hall–Kier alpha value is -1.11. The number of anilines is 1. The number of rotatable bonds is 7. The van der Waals surface area contributed by atoms with Crippen LogP contribution in [-0.2, 0) is 9.47 Å². The van der Waals surface area contributed by atoms with Gasteiger partial charge in [-0.3, -0.25) is 0 Å². The van der Waals surface area contributed by atoms with Crippen LogP contribution in [0.1, 0.15) is 0 Å². The van der Waals surface area contributed by atoms with Crippen molar-refractivity contribution in [1.82, 2.24) is 0 Å². The Labute approximate surface area is 109 Å². The van der Waals surface area contributed by atoms with Crippen LogP contribution in [0.3, 0.4) is 0 Å². The average Bonchev–Trinajstić information content (AvgIpc) is 2.33. The summed E-state index contributed by atoms with van der Waals surface area (Å²) in [4.78, 5) is 0. The van der Waals surface area contributed by atoms with Gasteiger partial charge in [-0.25, -0.2) is 0 Å². The van der Waals surface area contributed by atoms with Crippen molar-refractivity contribution < 1.29 is 23.0 Å². The molecule has 0 aliphatic rings. The minimum atomic E-state index is -2.90. The minimum Gasteiger partial charge on any atom is -0.433 e. The monoisotopic (exact) mass is 281 g/mol. The maximum absolute atomic E-state index is 12.0. The van der Waals surface area contributed by atoms with Gasteiger partial charge in [-0.2, -0.15) is 8.78 Å². The number of hydrogen-bond donors (Lipinski definition) is 1. The summed E-state index contributed by atoms with van der Waals surface area (Å²) in [6, 6.07) is 4.43. The van der Waals surface area contributed by atoms with Gasteiger partial charge >= 0.3 is 6.61 Å². The highest BCUT2D eigenvalue weighted by atomic mass is 35.5. The molecule has 0 spiro atoms. The zero-order valence-electron chi connectivity index (χ0n) is 9.95. The maximum Gasteiger partial charge on any atom is 0.387 e. The largest absolute Gasteiger partial charge is 0.433 e. The molecule has 7 heteroatoms. The molecule has 1 aromatic rings. The SMILES string of the molecule is COC(CNc1ccc(OC(F)F)c(Cl)c1)OC. The van der Waals surface area contributed by atoms with Gasteiger partial charge in [0.15, 0.2) is 6.29 Å². The van der Waals surface area contributed by atoms with Gasteiger partial charge in [-0.1, -0.05) is 11.6 Å². The number of hydrogen-bond acceptors (Lipinski definition) is 4. The third kappa shape index (κ3) is 4.64. The van der Waals surface area contributed by atoms with E-state index in [-0.39, 0.29) is 10.8 Å². The van der Waals surface area contributed by atoms with Crippen LogP contribution in [0.2, 0.25) is 5.02 Å². The van der Waals surface area contributed by atoms with Gasteiger partial charge in [-0.05, 0) is 18.2 Å². The highest BCUT2D eigenvalue weighted by Crippen LogP contribution is 2.28. The lowest BCUT2D eigenvalue weighted by Gasteiger charge is -2.15. The number of benzene rings is 1. The van der Waals surface area contributed by atoms with Crippen molar-refractivity contribution in [2.45, 2.75) is 12.9 Å². The van der Waals surface area contributed by atoms with Crippen LogP contribution in [0.15, 0.2) is 18.2 Å². The molecule has 1 aromatic carbocycles. The molecule has 0 aromatic heterocycles. The first-order chi connectivity index (χ1) is 8.56. The Morgan fingerprint density at radius 2 is 1.94 bits per heavy atom. The first-order valence-corrected chi connectivity index (χ1v) is 5.48. The van der Waals surface area contributed by atoms with Crippen LogP contribution in [0.5, 0.6) is 5.75 Å². The van der Waals surface area contributed by atoms with Crippen molar-refractivity contribution in [3.8, 4) is 5.75 Å². The quantitative estimate of drug-likeness (QED) is 0.780. The van der Waals surface area contributed by atoms with Gasteiger partial charge < -0.3 is 19.5 Å². The highest BCUT2D eigenvalue weighted by Gasteiger charge is 2.10. The van der Waals surface area contributed by atoms with Gasteiger partial charge in [0.25, 0.3) is 0 Å². The van der Waals surface area contributed by atoms with Gasteiger partial charge in [-0.15, -0.1) is 0 Å². The van der Waals surface area contributed by atoms with E-state index in [0.717, 1.165) is 0 Å². The predicted molar refractivity (Wildman–Crippen MR) is 64.4 cm³/mol. The minimum absolute atomic E-state index is 0.0627. The average molecular weight is 282 g/mol. The van der Waals surface area contributed by atoms with Crippen LogP contribution in [-0.4, -0.2) is 33.7 Å². The summed E-state index contributed by atoms with van der Waals surface area (Å²) < 4.78 is 38.2. The smallest absolute Gasteiger partial charge is 0.387 e. The van der Waals surface area contributed by atoms with E-state index in [0.29, 0.717) is 12.2 Å². The molecule has 0 fully saturated rings. The second kappa shape index (κ2) is 7.35. The van der Waals surface area contributed by atoms with E-state index in [1.165, 1.54) is 26.4 Å². The van der Waals surface area contributed by atoms with E-state index >= 15 is 0 Å². The van der Waals surface area contributed by atoms with Crippen LogP contribution in [0.25, 0.3) is 0 Å². The number of ether oxygens (including phenoxy) is 3. The first-order valence-electron chi connectivity index (χ1n) is 5.10. The Kier molecular flexibility index (Phi) is 6.11. The van der Waals surface area contributed by atoms with Gasteiger partial charge in [0.1, 0.15) is 5.75 Å². The summed E-state index contributed by atoms with van der Waals surface area (Å²) in [5.41, 5.74) is 0.653. The van der Waals surface area contributed by atoms with Crippen molar-refractivity contribution in [3.63, 3.8) is 0 Å². The topological polar surface area (TPSA) is 39.7 Å². The molecular weight excluding hydrogens is 268 g/mol. The summed E-state index contributed by atoms with van der Waals surface area (Å²) in [6.45, 7) is -2.49. The molecule has 1 N–H and O–H groups in total. The summed E-state index contributed by atoms with van der Waals surface area (Å²) in [5, 5.41) is 3.09. The van der Waals surface area contributed by atoms with E-state index in [9.17, 15) is 8.78 Å². The third-order valence-electron chi connectivity index (χ3n) is 2.15. The summed E-state index contributed by atoms with van der Waals surface area (Å²) in [7, 11) is 3.03. The zero-order valence-corrected chi connectivity index (χ0v) is 10.7.